The number of carbonyl (C=O) groups excluding carboxylic acids is 1. The maximum Gasteiger partial charge on any atom is 0.275 e. The van der Waals surface area contributed by atoms with E-state index in [9.17, 15) is 4.79 Å². The van der Waals surface area contributed by atoms with Gasteiger partial charge in [-0.3, -0.25) is 9.48 Å². The van der Waals surface area contributed by atoms with Crippen molar-refractivity contribution in [3.05, 3.63) is 30.0 Å². The molecule has 1 atom stereocenters. The number of aryl methyl sites for hydroxylation is 1. The van der Waals surface area contributed by atoms with Crippen molar-refractivity contribution in [3.63, 3.8) is 0 Å². The standard InChI is InChI=1S/C14H17N3O/c1-10-6-5-9-17(10)14(18)13-11-7-3-4-8-12(11)16(2)15-13/h3-4,7-8,10H,5-6,9H2,1-2H3. The summed E-state index contributed by atoms with van der Waals surface area (Å²) in [5.74, 6) is 0.0665. The quantitative estimate of drug-likeness (QED) is 0.770. The van der Waals surface area contributed by atoms with Crippen molar-refractivity contribution in [2.45, 2.75) is 25.8 Å². The molecule has 1 aliphatic rings. The van der Waals surface area contributed by atoms with Crippen LogP contribution in [0.1, 0.15) is 30.3 Å². The van der Waals surface area contributed by atoms with E-state index in [2.05, 4.69) is 12.0 Å². The molecular formula is C14H17N3O. The first-order chi connectivity index (χ1) is 8.68. The minimum absolute atomic E-state index is 0.0665. The van der Waals surface area contributed by atoms with Crippen molar-refractivity contribution in [2.75, 3.05) is 6.54 Å². The Bertz CT molecular complexity index is 602. The van der Waals surface area contributed by atoms with E-state index < -0.39 is 0 Å². The molecule has 2 heterocycles. The van der Waals surface area contributed by atoms with Gasteiger partial charge in [0.25, 0.3) is 5.91 Å². The van der Waals surface area contributed by atoms with Gasteiger partial charge in [-0.1, -0.05) is 18.2 Å². The van der Waals surface area contributed by atoms with Crippen LogP contribution in [0.4, 0.5) is 0 Å². The number of aromatic nitrogens is 2. The number of rotatable bonds is 1. The Labute approximate surface area is 106 Å². The molecule has 0 spiro atoms. The van der Waals surface area contributed by atoms with Crippen LogP contribution >= 0.6 is 0 Å². The number of amides is 1. The number of para-hydroxylation sites is 1. The van der Waals surface area contributed by atoms with Crippen LogP contribution in [0.3, 0.4) is 0 Å². The summed E-state index contributed by atoms with van der Waals surface area (Å²) in [7, 11) is 1.88. The Morgan fingerprint density at radius 3 is 2.89 bits per heavy atom. The molecule has 18 heavy (non-hydrogen) atoms. The van der Waals surface area contributed by atoms with Gasteiger partial charge in [0.05, 0.1) is 5.52 Å². The van der Waals surface area contributed by atoms with E-state index in [1.54, 1.807) is 4.68 Å². The molecule has 4 nitrogen and oxygen atoms in total. The zero-order valence-corrected chi connectivity index (χ0v) is 10.8. The van der Waals surface area contributed by atoms with E-state index in [-0.39, 0.29) is 5.91 Å². The number of likely N-dealkylation sites (tertiary alicyclic amines) is 1. The van der Waals surface area contributed by atoms with E-state index in [0.717, 1.165) is 30.3 Å². The third kappa shape index (κ3) is 1.60. The third-order valence-corrected chi connectivity index (χ3v) is 3.77. The maximum absolute atomic E-state index is 12.5. The first kappa shape index (κ1) is 11.3. The fourth-order valence-corrected chi connectivity index (χ4v) is 2.74. The number of carbonyl (C=O) groups is 1. The lowest BCUT2D eigenvalue weighted by molar-refractivity contribution is 0.0742. The van der Waals surface area contributed by atoms with Gasteiger partial charge in [0, 0.05) is 25.0 Å². The SMILES string of the molecule is CC1CCCN1C(=O)c1nn(C)c2ccccc12. The molecule has 0 bridgehead atoms. The van der Waals surface area contributed by atoms with E-state index >= 15 is 0 Å². The van der Waals surface area contributed by atoms with Crippen LogP contribution in [0, 0.1) is 0 Å². The summed E-state index contributed by atoms with van der Waals surface area (Å²) in [6.45, 7) is 2.96. The Morgan fingerprint density at radius 2 is 2.17 bits per heavy atom. The first-order valence-corrected chi connectivity index (χ1v) is 6.41. The average molecular weight is 243 g/mol. The number of hydrogen-bond acceptors (Lipinski definition) is 2. The normalized spacial score (nSPS) is 19.7. The van der Waals surface area contributed by atoms with Crippen molar-refractivity contribution in [1.82, 2.24) is 14.7 Å². The topological polar surface area (TPSA) is 38.1 Å². The van der Waals surface area contributed by atoms with Gasteiger partial charge in [-0.15, -0.1) is 0 Å². The maximum atomic E-state index is 12.5. The molecule has 1 aromatic carbocycles. The van der Waals surface area contributed by atoms with E-state index in [4.69, 9.17) is 0 Å². The molecule has 0 radical (unpaired) electrons. The highest BCUT2D eigenvalue weighted by Gasteiger charge is 2.28. The van der Waals surface area contributed by atoms with Crippen molar-refractivity contribution in [2.24, 2.45) is 7.05 Å². The Hall–Kier alpha value is -1.84. The second kappa shape index (κ2) is 4.12. The smallest absolute Gasteiger partial charge is 0.275 e. The molecule has 1 unspecified atom stereocenters. The molecule has 0 N–H and O–H groups in total. The van der Waals surface area contributed by atoms with Crippen LogP contribution in [0.15, 0.2) is 24.3 Å². The Balaban J connectivity index is 2.06. The van der Waals surface area contributed by atoms with Gasteiger partial charge in [-0.05, 0) is 25.8 Å². The highest BCUT2D eigenvalue weighted by molar-refractivity contribution is 6.05. The lowest BCUT2D eigenvalue weighted by atomic mass is 10.2. The van der Waals surface area contributed by atoms with Crippen molar-refractivity contribution in [1.29, 1.82) is 0 Å². The number of nitrogens with zero attached hydrogens (tertiary/aromatic N) is 3. The zero-order valence-electron chi connectivity index (χ0n) is 10.8. The predicted octanol–water partition coefficient (Wildman–Crippen LogP) is 2.20. The Kier molecular flexibility index (Phi) is 2.58. The summed E-state index contributed by atoms with van der Waals surface area (Å²) in [5.41, 5.74) is 1.59. The van der Waals surface area contributed by atoms with Crippen LogP contribution in [-0.2, 0) is 7.05 Å². The lowest BCUT2D eigenvalue weighted by Gasteiger charge is -2.20. The van der Waals surface area contributed by atoms with Crippen LogP contribution in [0.5, 0.6) is 0 Å². The molecule has 1 fully saturated rings. The van der Waals surface area contributed by atoms with Crippen molar-refractivity contribution < 1.29 is 4.79 Å². The summed E-state index contributed by atoms with van der Waals surface area (Å²) in [6, 6.07) is 8.21. The van der Waals surface area contributed by atoms with Gasteiger partial charge >= 0.3 is 0 Å². The van der Waals surface area contributed by atoms with Crippen LogP contribution in [0.2, 0.25) is 0 Å². The van der Waals surface area contributed by atoms with Crippen molar-refractivity contribution >= 4 is 16.8 Å². The Morgan fingerprint density at radius 1 is 1.39 bits per heavy atom. The third-order valence-electron chi connectivity index (χ3n) is 3.77. The molecule has 3 rings (SSSR count). The van der Waals surface area contributed by atoms with E-state index in [0.29, 0.717) is 11.7 Å². The van der Waals surface area contributed by atoms with Crippen LogP contribution < -0.4 is 0 Å². The minimum Gasteiger partial charge on any atom is -0.335 e. The zero-order chi connectivity index (χ0) is 12.7. The van der Waals surface area contributed by atoms with Gasteiger partial charge in [-0.2, -0.15) is 5.10 Å². The molecule has 4 heteroatoms. The van der Waals surface area contributed by atoms with E-state index in [1.165, 1.54) is 0 Å². The summed E-state index contributed by atoms with van der Waals surface area (Å²) in [5, 5.41) is 5.34. The van der Waals surface area contributed by atoms with Gasteiger partial charge in [0.15, 0.2) is 5.69 Å². The summed E-state index contributed by atoms with van der Waals surface area (Å²) < 4.78 is 1.78. The van der Waals surface area contributed by atoms with Crippen LogP contribution in [0.25, 0.3) is 10.9 Å². The first-order valence-electron chi connectivity index (χ1n) is 6.41. The van der Waals surface area contributed by atoms with Gasteiger partial charge in [-0.25, -0.2) is 0 Å². The van der Waals surface area contributed by atoms with E-state index in [1.807, 2.05) is 36.2 Å². The summed E-state index contributed by atoms with van der Waals surface area (Å²) in [6.07, 6.45) is 2.19. The monoisotopic (exact) mass is 243 g/mol. The van der Waals surface area contributed by atoms with Crippen LogP contribution in [-0.4, -0.2) is 33.2 Å². The molecule has 1 aromatic heterocycles. The van der Waals surface area contributed by atoms with Gasteiger partial charge < -0.3 is 4.90 Å². The minimum atomic E-state index is 0.0665. The van der Waals surface area contributed by atoms with Gasteiger partial charge in [0.2, 0.25) is 0 Å². The summed E-state index contributed by atoms with van der Waals surface area (Å²) >= 11 is 0. The number of hydrogen-bond donors (Lipinski definition) is 0. The highest BCUT2D eigenvalue weighted by atomic mass is 16.2. The fourth-order valence-electron chi connectivity index (χ4n) is 2.74. The average Bonchev–Trinajstić information content (AvgIpc) is 2.94. The molecule has 1 aliphatic heterocycles. The molecule has 94 valence electrons. The second-order valence-corrected chi connectivity index (χ2v) is 4.98. The fraction of sp³-hybridized carbons (Fsp3) is 0.429. The molecule has 0 saturated carbocycles. The number of fused-ring (bicyclic) bond motifs is 1. The largest absolute Gasteiger partial charge is 0.335 e. The highest BCUT2D eigenvalue weighted by Crippen LogP contribution is 2.23. The predicted molar refractivity (Wildman–Crippen MR) is 70.4 cm³/mol. The van der Waals surface area contributed by atoms with Gasteiger partial charge in [0.1, 0.15) is 0 Å². The summed E-state index contributed by atoms with van der Waals surface area (Å²) in [4.78, 5) is 14.5. The molecule has 0 aliphatic carbocycles. The molecule has 1 saturated heterocycles. The molecule has 1 amide bonds. The molecule has 2 aromatic rings. The number of benzene rings is 1. The molecular weight excluding hydrogens is 226 g/mol. The lowest BCUT2D eigenvalue weighted by Crippen LogP contribution is -2.34. The van der Waals surface area contributed by atoms with Crippen molar-refractivity contribution in [3.8, 4) is 0 Å². The second-order valence-electron chi connectivity index (χ2n) is 4.98.